The van der Waals surface area contributed by atoms with Gasteiger partial charge < -0.3 is 5.73 Å². The van der Waals surface area contributed by atoms with Crippen molar-refractivity contribution >= 4 is 5.78 Å². The van der Waals surface area contributed by atoms with E-state index in [-0.39, 0.29) is 5.92 Å². The van der Waals surface area contributed by atoms with Crippen molar-refractivity contribution in [2.45, 2.75) is 26.2 Å². The summed E-state index contributed by atoms with van der Waals surface area (Å²) in [5.74, 6) is 0.385. The zero-order valence-corrected chi connectivity index (χ0v) is 9.44. The number of aromatic nitrogens is 2. The van der Waals surface area contributed by atoms with Gasteiger partial charge in [-0.05, 0) is 24.9 Å². The normalized spacial score (nSPS) is 12.7. The Hall–Kier alpha value is -1.16. The third-order valence-corrected chi connectivity index (χ3v) is 2.57. The second-order valence-electron chi connectivity index (χ2n) is 3.97. The van der Waals surface area contributed by atoms with Crippen molar-refractivity contribution in [2.75, 3.05) is 6.54 Å². The molecule has 4 nitrogen and oxygen atoms in total. The lowest BCUT2D eigenvalue weighted by Gasteiger charge is -2.07. The first kappa shape index (κ1) is 11.9. The highest BCUT2D eigenvalue weighted by Gasteiger charge is 2.11. The van der Waals surface area contributed by atoms with E-state index in [1.165, 1.54) is 0 Å². The van der Waals surface area contributed by atoms with Crippen LogP contribution >= 0.6 is 0 Å². The average Bonchev–Trinajstić information content (AvgIpc) is 2.61. The van der Waals surface area contributed by atoms with Gasteiger partial charge in [0.05, 0.1) is 6.20 Å². The van der Waals surface area contributed by atoms with Crippen LogP contribution in [0.25, 0.3) is 0 Å². The first-order valence-electron chi connectivity index (χ1n) is 5.33. The minimum Gasteiger partial charge on any atom is -0.330 e. The van der Waals surface area contributed by atoms with Crippen LogP contribution in [0, 0.1) is 5.92 Å². The van der Waals surface area contributed by atoms with E-state index in [1.807, 2.05) is 20.2 Å². The standard InChI is InChI=1S/C11H19N3O/c1-9(5-6-12)11(15)4-3-10-7-13-14(2)8-10/h7-9H,3-6,12H2,1-2H3. The van der Waals surface area contributed by atoms with Crippen LogP contribution in [-0.2, 0) is 18.3 Å². The topological polar surface area (TPSA) is 60.9 Å². The van der Waals surface area contributed by atoms with E-state index in [0.717, 1.165) is 18.4 Å². The van der Waals surface area contributed by atoms with Gasteiger partial charge in [0.2, 0.25) is 0 Å². The maximum atomic E-state index is 11.6. The van der Waals surface area contributed by atoms with Gasteiger partial charge in [0.15, 0.2) is 0 Å². The largest absolute Gasteiger partial charge is 0.330 e. The molecule has 0 saturated heterocycles. The number of ketones is 1. The van der Waals surface area contributed by atoms with E-state index < -0.39 is 0 Å². The first-order valence-corrected chi connectivity index (χ1v) is 5.33. The fourth-order valence-electron chi connectivity index (χ4n) is 1.53. The van der Waals surface area contributed by atoms with Gasteiger partial charge in [-0.3, -0.25) is 9.48 Å². The van der Waals surface area contributed by atoms with E-state index in [0.29, 0.717) is 18.7 Å². The Bertz CT molecular complexity index is 319. The van der Waals surface area contributed by atoms with E-state index in [4.69, 9.17) is 5.73 Å². The highest BCUT2D eigenvalue weighted by atomic mass is 16.1. The number of Topliss-reactive ketones (excluding diaryl/α,β-unsaturated/α-hetero) is 1. The Morgan fingerprint density at radius 3 is 2.93 bits per heavy atom. The molecule has 0 aliphatic carbocycles. The number of hydrogen-bond donors (Lipinski definition) is 1. The zero-order chi connectivity index (χ0) is 11.3. The number of carbonyl (C=O) groups excluding carboxylic acids is 1. The maximum absolute atomic E-state index is 11.6. The van der Waals surface area contributed by atoms with Gasteiger partial charge in [0, 0.05) is 25.6 Å². The molecular weight excluding hydrogens is 190 g/mol. The molecule has 1 aromatic heterocycles. The number of carbonyl (C=O) groups is 1. The summed E-state index contributed by atoms with van der Waals surface area (Å²) in [4.78, 5) is 11.6. The van der Waals surface area contributed by atoms with E-state index in [9.17, 15) is 4.79 Å². The van der Waals surface area contributed by atoms with Crippen LogP contribution in [-0.4, -0.2) is 22.1 Å². The second-order valence-corrected chi connectivity index (χ2v) is 3.97. The van der Waals surface area contributed by atoms with Crippen LogP contribution in [0.1, 0.15) is 25.3 Å². The predicted molar refractivity (Wildman–Crippen MR) is 59.4 cm³/mol. The monoisotopic (exact) mass is 209 g/mol. The van der Waals surface area contributed by atoms with Crippen LogP contribution in [0.15, 0.2) is 12.4 Å². The molecule has 2 N–H and O–H groups in total. The SMILES string of the molecule is CC(CCN)C(=O)CCc1cnn(C)c1. The van der Waals surface area contributed by atoms with Gasteiger partial charge >= 0.3 is 0 Å². The van der Waals surface area contributed by atoms with Gasteiger partial charge in [-0.25, -0.2) is 0 Å². The summed E-state index contributed by atoms with van der Waals surface area (Å²) in [6, 6.07) is 0. The van der Waals surface area contributed by atoms with Gasteiger partial charge in [-0.1, -0.05) is 6.92 Å². The van der Waals surface area contributed by atoms with Gasteiger partial charge in [-0.15, -0.1) is 0 Å². The van der Waals surface area contributed by atoms with Crippen LogP contribution in [0.4, 0.5) is 0 Å². The molecule has 1 aromatic rings. The molecule has 0 bridgehead atoms. The summed E-state index contributed by atoms with van der Waals surface area (Å²) in [7, 11) is 1.88. The first-order chi connectivity index (χ1) is 7.13. The highest BCUT2D eigenvalue weighted by molar-refractivity contribution is 5.80. The Kier molecular flexibility index (Phi) is 4.49. The molecule has 15 heavy (non-hydrogen) atoms. The Balaban J connectivity index is 2.34. The van der Waals surface area contributed by atoms with Crippen molar-refractivity contribution in [1.82, 2.24) is 9.78 Å². The Labute approximate surface area is 90.5 Å². The van der Waals surface area contributed by atoms with Crippen molar-refractivity contribution in [3.63, 3.8) is 0 Å². The number of aryl methyl sites for hydroxylation is 2. The molecule has 0 aliphatic heterocycles. The maximum Gasteiger partial charge on any atom is 0.136 e. The Morgan fingerprint density at radius 1 is 1.67 bits per heavy atom. The molecule has 1 unspecified atom stereocenters. The van der Waals surface area contributed by atoms with Gasteiger partial charge in [0.1, 0.15) is 5.78 Å². The third-order valence-electron chi connectivity index (χ3n) is 2.57. The lowest BCUT2D eigenvalue weighted by Crippen LogP contribution is -2.15. The van der Waals surface area contributed by atoms with Crippen LogP contribution in [0.3, 0.4) is 0 Å². The molecule has 0 aromatic carbocycles. The van der Waals surface area contributed by atoms with Crippen molar-refractivity contribution in [2.24, 2.45) is 18.7 Å². The number of nitrogens with zero attached hydrogens (tertiary/aromatic N) is 2. The molecular formula is C11H19N3O. The van der Waals surface area contributed by atoms with Crippen LogP contribution < -0.4 is 5.73 Å². The molecule has 4 heteroatoms. The summed E-state index contributed by atoms with van der Waals surface area (Å²) in [5.41, 5.74) is 6.53. The smallest absolute Gasteiger partial charge is 0.136 e. The van der Waals surface area contributed by atoms with E-state index >= 15 is 0 Å². The molecule has 0 spiro atoms. The highest BCUT2D eigenvalue weighted by Crippen LogP contribution is 2.08. The Morgan fingerprint density at radius 2 is 2.40 bits per heavy atom. The number of nitrogens with two attached hydrogens (primary N) is 1. The summed E-state index contributed by atoms with van der Waals surface area (Å²) < 4.78 is 1.75. The second kappa shape index (κ2) is 5.66. The van der Waals surface area contributed by atoms with Crippen LogP contribution in [0.5, 0.6) is 0 Å². The molecule has 1 rings (SSSR count). The molecule has 1 heterocycles. The van der Waals surface area contributed by atoms with E-state index in [2.05, 4.69) is 5.10 Å². The lowest BCUT2D eigenvalue weighted by molar-refractivity contribution is -0.122. The van der Waals surface area contributed by atoms with Crippen molar-refractivity contribution in [3.8, 4) is 0 Å². The van der Waals surface area contributed by atoms with Crippen molar-refractivity contribution < 1.29 is 4.79 Å². The molecule has 0 aliphatic rings. The molecule has 84 valence electrons. The molecule has 0 fully saturated rings. The average molecular weight is 209 g/mol. The van der Waals surface area contributed by atoms with Crippen molar-refractivity contribution in [3.05, 3.63) is 18.0 Å². The molecule has 1 atom stereocenters. The lowest BCUT2D eigenvalue weighted by atomic mass is 9.98. The fraction of sp³-hybridized carbons (Fsp3) is 0.636. The summed E-state index contributed by atoms with van der Waals surface area (Å²) >= 11 is 0. The molecule has 0 radical (unpaired) electrons. The summed E-state index contributed by atoms with van der Waals surface area (Å²) in [6.07, 6.45) is 5.90. The summed E-state index contributed by atoms with van der Waals surface area (Å²) in [5, 5.41) is 4.06. The third kappa shape index (κ3) is 3.83. The number of hydrogen-bond acceptors (Lipinski definition) is 3. The molecule has 0 amide bonds. The molecule has 0 saturated carbocycles. The van der Waals surface area contributed by atoms with Crippen LogP contribution in [0.2, 0.25) is 0 Å². The van der Waals surface area contributed by atoms with Gasteiger partial charge in [-0.2, -0.15) is 5.10 Å². The number of rotatable bonds is 6. The minimum atomic E-state index is 0.0895. The zero-order valence-electron chi connectivity index (χ0n) is 9.44. The quantitative estimate of drug-likeness (QED) is 0.757. The summed E-state index contributed by atoms with van der Waals surface area (Å²) in [6.45, 7) is 2.53. The van der Waals surface area contributed by atoms with Gasteiger partial charge in [0.25, 0.3) is 0 Å². The van der Waals surface area contributed by atoms with Crippen molar-refractivity contribution in [1.29, 1.82) is 0 Å². The van der Waals surface area contributed by atoms with E-state index in [1.54, 1.807) is 10.9 Å². The minimum absolute atomic E-state index is 0.0895. The fourth-order valence-corrected chi connectivity index (χ4v) is 1.53. The predicted octanol–water partition coefficient (Wildman–Crippen LogP) is 0.907.